The molecule has 6 rings (SSSR count). The summed E-state index contributed by atoms with van der Waals surface area (Å²) in [6.45, 7) is 1.42. The molecule has 4 saturated carbocycles. The highest BCUT2D eigenvalue weighted by atomic mass is 16.7. The van der Waals surface area contributed by atoms with Gasteiger partial charge in [-0.25, -0.2) is 4.79 Å². The van der Waals surface area contributed by atoms with Gasteiger partial charge in [-0.1, -0.05) is 6.92 Å². The maximum absolute atomic E-state index is 13.0. The van der Waals surface area contributed by atoms with E-state index in [1.54, 1.807) is 0 Å². The molecule has 6 aliphatic rings. The van der Waals surface area contributed by atoms with E-state index in [4.69, 9.17) is 14.2 Å². The van der Waals surface area contributed by atoms with Gasteiger partial charge in [-0.05, 0) is 68.3 Å². The van der Waals surface area contributed by atoms with Gasteiger partial charge in [0.1, 0.15) is 37.3 Å². The number of rotatable bonds is 5. The second kappa shape index (κ2) is 10.0. The van der Waals surface area contributed by atoms with Crippen molar-refractivity contribution in [2.24, 2.45) is 28.6 Å². The van der Waals surface area contributed by atoms with Crippen LogP contribution < -0.4 is 0 Å². The van der Waals surface area contributed by atoms with E-state index in [2.05, 4.69) is 0 Å². The molecule has 0 spiro atoms. The number of aliphatic hydroxyl groups is 7. The molecular formula is C29H42O12. The average molecular weight is 583 g/mol. The Hall–Kier alpha value is -1.48. The second-order valence-electron chi connectivity index (χ2n) is 13.5. The highest BCUT2D eigenvalue weighted by molar-refractivity contribution is 5.85. The van der Waals surface area contributed by atoms with Crippen molar-refractivity contribution in [3.63, 3.8) is 0 Å². The molecule has 14 atom stereocenters. The van der Waals surface area contributed by atoms with Gasteiger partial charge in [0.05, 0.1) is 35.4 Å². The molecule has 230 valence electrons. The summed E-state index contributed by atoms with van der Waals surface area (Å²) in [6.07, 6.45) is -4.20. The Morgan fingerprint density at radius 1 is 1.02 bits per heavy atom. The molecule has 5 fully saturated rings. The van der Waals surface area contributed by atoms with Gasteiger partial charge in [-0.2, -0.15) is 0 Å². The van der Waals surface area contributed by atoms with Gasteiger partial charge < -0.3 is 54.8 Å². The highest BCUT2D eigenvalue weighted by Crippen LogP contribution is 2.70. The number of aliphatic hydroxyl groups excluding tert-OH is 5. The molecule has 12 heteroatoms. The fourth-order valence-corrected chi connectivity index (χ4v) is 9.80. The molecule has 2 aliphatic heterocycles. The summed E-state index contributed by atoms with van der Waals surface area (Å²) in [6, 6.07) is 0. The number of cyclic esters (lactones) is 1. The van der Waals surface area contributed by atoms with Crippen LogP contribution in [0.5, 0.6) is 0 Å². The number of hydrogen-bond acceptors (Lipinski definition) is 12. The van der Waals surface area contributed by atoms with Crippen molar-refractivity contribution < 1.29 is 59.5 Å². The Morgan fingerprint density at radius 2 is 1.78 bits per heavy atom. The minimum absolute atomic E-state index is 0.0325. The van der Waals surface area contributed by atoms with E-state index in [1.165, 1.54) is 6.08 Å². The average Bonchev–Trinajstić information content (AvgIpc) is 3.49. The van der Waals surface area contributed by atoms with Crippen LogP contribution in [0.2, 0.25) is 0 Å². The summed E-state index contributed by atoms with van der Waals surface area (Å²) < 4.78 is 16.6. The summed E-state index contributed by atoms with van der Waals surface area (Å²) in [4.78, 5) is 24.8. The third-order valence-corrected chi connectivity index (χ3v) is 12.1. The molecule has 12 nitrogen and oxygen atoms in total. The van der Waals surface area contributed by atoms with E-state index in [1.807, 2.05) is 6.92 Å². The molecule has 2 heterocycles. The van der Waals surface area contributed by atoms with E-state index in [0.29, 0.717) is 25.7 Å². The molecule has 41 heavy (non-hydrogen) atoms. The summed E-state index contributed by atoms with van der Waals surface area (Å²) in [5.41, 5.74) is -4.24. The first-order chi connectivity index (χ1) is 19.3. The number of hydrogen-bond donors (Lipinski definition) is 7. The third kappa shape index (κ3) is 3.99. The predicted octanol–water partition coefficient (Wildman–Crippen LogP) is -1.31. The molecule has 0 aromatic carbocycles. The van der Waals surface area contributed by atoms with Crippen molar-refractivity contribution in [1.29, 1.82) is 0 Å². The lowest BCUT2D eigenvalue weighted by molar-refractivity contribution is -0.324. The number of fused-ring (bicyclic) bond motifs is 5. The first kappa shape index (κ1) is 29.6. The van der Waals surface area contributed by atoms with Crippen LogP contribution in [0.15, 0.2) is 11.6 Å². The van der Waals surface area contributed by atoms with E-state index in [-0.39, 0.29) is 44.1 Å². The standard InChI is InChI=1S/C29H42O12/c1-26-16(14-8-21(33)39-12-14)4-7-29(26,38)17-3-6-28(37)10-15(2-5-27(28,13-31)18(17)9-20(26)32)40-25-24(36)23(35)22(34)19(11-30)41-25/h8,13,15-20,22-25,30,32,34-38H,2-7,9-12H2,1H3. The molecule has 0 amide bonds. The molecule has 0 aromatic heterocycles. The topological polar surface area (TPSA) is 203 Å². The quantitative estimate of drug-likeness (QED) is 0.115. The third-order valence-electron chi connectivity index (χ3n) is 12.1. The molecule has 1 saturated heterocycles. The largest absolute Gasteiger partial charge is 0.458 e. The fraction of sp³-hybridized carbons (Fsp3) is 0.862. The summed E-state index contributed by atoms with van der Waals surface area (Å²) in [5, 5.41) is 76.3. The van der Waals surface area contributed by atoms with Gasteiger partial charge in [-0.15, -0.1) is 0 Å². The zero-order chi connectivity index (χ0) is 29.5. The van der Waals surface area contributed by atoms with Crippen molar-refractivity contribution in [2.75, 3.05) is 13.2 Å². The normalized spacial score (nSPS) is 54.9. The first-order valence-corrected chi connectivity index (χ1v) is 14.8. The van der Waals surface area contributed by atoms with Gasteiger partial charge in [0.25, 0.3) is 0 Å². The van der Waals surface area contributed by atoms with Gasteiger partial charge in [0.15, 0.2) is 6.29 Å². The predicted molar refractivity (Wildman–Crippen MR) is 138 cm³/mol. The van der Waals surface area contributed by atoms with Gasteiger partial charge in [0.2, 0.25) is 0 Å². The molecular weight excluding hydrogens is 540 g/mol. The zero-order valence-corrected chi connectivity index (χ0v) is 23.2. The Labute approximate surface area is 237 Å². The van der Waals surface area contributed by atoms with Gasteiger partial charge in [0, 0.05) is 17.9 Å². The van der Waals surface area contributed by atoms with Crippen LogP contribution in [0.4, 0.5) is 0 Å². The molecule has 0 aromatic rings. The molecule has 4 aliphatic carbocycles. The van der Waals surface area contributed by atoms with E-state index in [9.17, 15) is 45.3 Å². The lowest BCUT2D eigenvalue weighted by atomic mass is 9.41. The maximum Gasteiger partial charge on any atom is 0.331 e. The van der Waals surface area contributed by atoms with Crippen molar-refractivity contribution in [3.8, 4) is 0 Å². The fourth-order valence-electron chi connectivity index (χ4n) is 9.80. The van der Waals surface area contributed by atoms with Crippen molar-refractivity contribution in [2.45, 2.75) is 112 Å². The lowest BCUT2D eigenvalue weighted by Crippen LogP contribution is -2.71. The Morgan fingerprint density at radius 3 is 2.44 bits per heavy atom. The van der Waals surface area contributed by atoms with Gasteiger partial charge in [-0.3, -0.25) is 0 Å². The molecule has 0 radical (unpaired) electrons. The van der Waals surface area contributed by atoms with Gasteiger partial charge >= 0.3 is 5.97 Å². The second-order valence-corrected chi connectivity index (χ2v) is 13.5. The molecule has 7 N–H and O–H groups in total. The zero-order valence-electron chi connectivity index (χ0n) is 23.2. The molecule has 0 bridgehead atoms. The minimum atomic E-state index is -1.60. The minimum Gasteiger partial charge on any atom is -0.458 e. The van der Waals surface area contributed by atoms with Crippen LogP contribution in [-0.4, -0.2) is 115 Å². The number of aldehydes is 1. The first-order valence-electron chi connectivity index (χ1n) is 14.8. The van der Waals surface area contributed by atoms with Crippen LogP contribution in [0, 0.1) is 28.6 Å². The lowest BCUT2D eigenvalue weighted by Gasteiger charge is -2.66. The number of ether oxygens (including phenoxy) is 3. The Kier molecular flexibility index (Phi) is 7.24. The van der Waals surface area contributed by atoms with Crippen LogP contribution in [0.25, 0.3) is 0 Å². The van der Waals surface area contributed by atoms with Crippen molar-refractivity contribution >= 4 is 12.3 Å². The Balaban J connectivity index is 1.24. The van der Waals surface area contributed by atoms with Crippen LogP contribution in [0.1, 0.15) is 58.3 Å². The number of esters is 1. The van der Waals surface area contributed by atoms with E-state index >= 15 is 0 Å². The van der Waals surface area contributed by atoms with E-state index in [0.717, 1.165) is 11.9 Å². The van der Waals surface area contributed by atoms with Crippen LogP contribution in [-0.2, 0) is 23.8 Å². The summed E-state index contributed by atoms with van der Waals surface area (Å²) in [7, 11) is 0. The summed E-state index contributed by atoms with van der Waals surface area (Å²) >= 11 is 0. The van der Waals surface area contributed by atoms with E-state index < -0.39 is 83.4 Å². The van der Waals surface area contributed by atoms with Crippen LogP contribution >= 0.6 is 0 Å². The highest BCUT2D eigenvalue weighted by Gasteiger charge is 2.74. The number of carbonyl (C=O) groups excluding carboxylic acids is 2. The maximum atomic E-state index is 13.0. The summed E-state index contributed by atoms with van der Waals surface area (Å²) in [5.74, 6) is -1.51. The molecule has 14 unspecified atom stereocenters. The number of carbonyl (C=O) groups is 2. The Bertz CT molecular complexity index is 1100. The van der Waals surface area contributed by atoms with Crippen molar-refractivity contribution in [3.05, 3.63) is 11.6 Å². The van der Waals surface area contributed by atoms with Crippen LogP contribution in [0.3, 0.4) is 0 Å². The SMILES string of the molecule is CC12C(O)CC3C(CCC4(O)CC(OC5OC(CO)C(O)C(O)C5O)CCC34C=O)C1(O)CCC2C1=CC(=O)OC1. The smallest absolute Gasteiger partial charge is 0.331 e. The van der Waals surface area contributed by atoms with Crippen molar-refractivity contribution in [1.82, 2.24) is 0 Å². The monoisotopic (exact) mass is 582 g/mol.